The topological polar surface area (TPSA) is 57.3 Å². The van der Waals surface area contributed by atoms with E-state index >= 15 is 0 Å². The molecule has 5 nitrogen and oxygen atoms in total. The monoisotopic (exact) mass is 290 g/mol. The zero-order valence-electron chi connectivity index (χ0n) is 13.1. The van der Waals surface area contributed by atoms with Gasteiger partial charge in [-0.3, -0.25) is 4.79 Å². The van der Waals surface area contributed by atoms with Crippen molar-refractivity contribution in [3.05, 3.63) is 23.9 Å². The summed E-state index contributed by atoms with van der Waals surface area (Å²) in [7, 11) is 3.93. The van der Waals surface area contributed by atoms with E-state index in [0.29, 0.717) is 18.9 Å². The molecule has 0 spiro atoms. The van der Waals surface area contributed by atoms with Gasteiger partial charge in [-0.15, -0.1) is 0 Å². The summed E-state index contributed by atoms with van der Waals surface area (Å²) < 4.78 is 0. The van der Waals surface area contributed by atoms with E-state index < -0.39 is 0 Å². The minimum absolute atomic E-state index is 0.141. The van der Waals surface area contributed by atoms with Crippen LogP contribution in [-0.2, 0) is 11.3 Å². The molecule has 0 aliphatic carbocycles. The van der Waals surface area contributed by atoms with Crippen molar-refractivity contribution in [2.45, 2.75) is 32.2 Å². The number of piperidine rings is 1. The molecule has 0 unspecified atom stereocenters. The Labute approximate surface area is 127 Å². The number of amides is 1. The van der Waals surface area contributed by atoms with E-state index in [2.05, 4.69) is 15.6 Å². The fourth-order valence-electron chi connectivity index (χ4n) is 2.76. The number of nitrogens with one attached hydrogen (secondary N) is 2. The van der Waals surface area contributed by atoms with Crippen LogP contribution in [0.4, 0.5) is 5.82 Å². The molecule has 2 rings (SSSR count). The van der Waals surface area contributed by atoms with Crippen LogP contribution in [0.1, 0.15) is 31.2 Å². The normalized spacial score (nSPS) is 15.7. The van der Waals surface area contributed by atoms with Gasteiger partial charge < -0.3 is 15.5 Å². The van der Waals surface area contributed by atoms with Crippen molar-refractivity contribution in [1.82, 2.24) is 15.6 Å². The summed E-state index contributed by atoms with van der Waals surface area (Å²) in [6.07, 6.45) is 5.79. The summed E-state index contributed by atoms with van der Waals surface area (Å²) in [5.74, 6) is 1.76. The average molecular weight is 290 g/mol. The maximum absolute atomic E-state index is 12.0. The maximum Gasteiger partial charge on any atom is 0.220 e. The van der Waals surface area contributed by atoms with Gasteiger partial charge in [-0.2, -0.15) is 0 Å². The van der Waals surface area contributed by atoms with Gasteiger partial charge in [-0.1, -0.05) is 6.07 Å². The number of hydrogen-bond acceptors (Lipinski definition) is 4. The van der Waals surface area contributed by atoms with E-state index in [4.69, 9.17) is 0 Å². The standard InChI is InChI=1S/C16H26N4O/c1-20(2)16-14(4-3-9-18-16)12-19-15(21)6-5-13-7-10-17-11-8-13/h3-4,9,13,17H,5-8,10-12H2,1-2H3,(H,19,21). The quantitative estimate of drug-likeness (QED) is 0.834. The lowest BCUT2D eigenvalue weighted by Gasteiger charge is -2.22. The first-order chi connectivity index (χ1) is 10.2. The number of carbonyl (C=O) groups is 1. The minimum Gasteiger partial charge on any atom is -0.362 e. The highest BCUT2D eigenvalue weighted by atomic mass is 16.1. The van der Waals surface area contributed by atoms with Gasteiger partial charge in [0.25, 0.3) is 0 Å². The molecule has 2 heterocycles. The first kappa shape index (κ1) is 15.8. The van der Waals surface area contributed by atoms with Crippen LogP contribution in [0, 0.1) is 5.92 Å². The molecule has 1 saturated heterocycles. The Morgan fingerprint density at radius 2 is 2.19 bits per heavy atom. The van der Waals surface area contributed by atoms with Crippen LogP contribution in [0.2, 0.25) is 0 Å². The SMILES string of the molecule is CN(C)c1ncccc1CNC(=O)CCC1CCNCC1. The first-order valence-corrected chi connectivity index (χ1v) is 7.75. The van der Waals surface area contributed by atoms with Crippen LogP contribution in [0.5, 0.6) is 0 Å². The molecule has 1 aliphatic rings. The molecule has 1 aromatic heterocycles. The molecule has 1 aromatic rings. The largest absolute Gasteiger partial charge is 0.362 e. The van der Waals surface area contributed by atoms with Crippen LogP contribution in [0.15, 0.2) is 18.3 Å². The summed E-state index contributed by atoms with van der Waals surface area (Å²) in [5.41, 5.74) is 1.05. The predicted octanol–water partition coefficient (Wildman–Crippen LogP) is 1.54. The molecule has 0 bridgehead atoms. The molecule has 1 aliphatic heterocycles. The second-order valence-corrected chi connectivity index (χ2v) is 5.89. The Bertz CT molecular complexity index is 455. The first-order valence-electron chi connectivity index (χ1n) is 7.75. The van der Waals surface area contributed by atoms with Crippen LogP contribution in [0.3, 0.4) is 0 Å². The number of pyridine rings is 1. The van der Waals surface area contributed by atoms with E-state index in [1.165, 1.54) is 12.8 Å². The highest BCUT2D eigenvalue weighted by Crippen LogP contribution is 2.18. The van der Waals surface area contributed by atoms with Crippen molar-refractivity contribution in [2.75, 3.05) is 32.1 Å². The summed E-state index contributed by atoms with van der Waals surface area (Å²) in [6.45, 7) is 2.73. The third-order valence-electron chi connectivity index (χ3n) is 4.01. The molecule has 0 saturated carbocycles. The smallest absolute Gasteiger partial charge is 0.220 e. The van der Waals surface area contributed by atoms with Crippen molar-refractivity contribution < 1.29 is 4.79 Å². The van der Waals surface area contributed by atoms with Gasteiger partial charge in [-0.05, 0) is 44.3 Å². The van der Waals surface area contributed by atoms with E-state index in [9.17, 15) is 4.79 Å². The van der Waals surface area contributed by atoms with Gasteiger partial charge in [0, 0.05) is 38.8 Å². The molecule has 116 valence electrons. The third kappa shape index (κ3) is 5.01. The maximum atomic E-state index is 12.0. The van der Waals surface area contributed by atoms with E-state index in [1.54, 1.807) is 6.20 Å². The second kappa shape index (κ2) is 7.98. The van der Waals surface area contributed by atoms with Gasteiger partial charge in [0.2, 0.25) is 5.91 Å². The van der Waals surface area contributed by atoms with Crippen LogP contribution in [0.25, 0.3) is 0 Å². The Morgan fingerprint density at radius 1 is 1.43 bits per heavy atom. The van der Waals surface area contributed by atoms with Crippen LogP contribution < -0.4 is 15.5 Å². The molecule has 0 aromatic carbocycles. The number of nitrogens with zero attached hydrogens (tertiary/aromatic N) is 2. The number of rotatable bonds is 6. The average Bonchev–Trinajstić information content (AvgIpc) is 2.52. The lowest BCUT2D eigenvalue weighted by molar-refractivity contribution is -0.121. The van der Waals surface area contributed by atoms with Gasteiger partial charge in [0.15, 0.2) is 0 Å². The Balaban J connectivity index is 1.76. The van der Waals surface area contributed by atoms with Gasteiger partial charge in [-0.25, -0.2) is 4.98 Å². The van der Waals surface area contributed by atoms with E-state index in [-0.39, 0.29) is 5.91 Å². The van der Waals surface area contributed by atoms with Crippen LogP contribution >= 0.6 is 0 Å². The molecule has 1 amide bonds. The van der Waals surface area contributed by atoms with Crippen LogP contribution in [-0.4, -0.2) is 38.1 Å². The lowest BCUT2D eigenvalue weighted by atomic mass is 9.93. The summed E-state index contributed by atoms with van der Waals surface area (Å²) in [6, 6.07) is 3.92. The van der Waals surface area contributed by atoms with Gasteiger partial charge in [0.1, 0.15) is 5.82 Å². The highest BCUT2D eigenvalue weighted by Gasteiger charge is 2.14. The molecule has 5 heteroatoms. The molecular formula is C16H26N4O. The fraction of sp³-hybridized carbons (Fsp3) is 0.625. The number of aromatic nitrogens is 1. The molecule has 0 radical (unpaired) electrons. The predicted molar refractivity (Wildman–Crippen MR) is 85.2 cm³/mol. The van der Waals surface area contributed by atoms with E-state index in [1.807, 2.05) is 31.1 Å². The minimum atomic E-state index is 0.141. The van der Waals surface area contributed by atoms with Crippen molar-refractivity contribution >= 4 is 11.7 Å². The molecule has 0 atom stereocenters. The summed E-state index contributed by atoms with van der Waals surface area (Å²) >= 11 is 0. The Kier molecular flexibility index (Phi) is 5.99. The lowest BCUT2D eigenvalue weighted by Crippen LogP contribution is -2.29. The summed E-state index contributed by atoms with van der Waals surface area (Å²) in [4.78, 5) is 18.3. The Morgan fingerprint density at radius 3 is 2.90 bits per heavy atom. The highest BCUT2D eigenvalue weighted by molar-refractivity contribution is 5.76. The van der Waals surface area contributed by atoms with Crippen molar-refractivity contribution in [1.29, 1.82) is 0 Å². The zero-order chi connectivity index (χ0) is 15.1. The number of anilines is 1. The van der Waals surface area contributed by atoms with E-state index in [0.717, 1.165) is 30.9 Å². The fourth-order valence-corrected chi connectivity index (χ4v) is 2.76. The number of hydrogen-bond donors (Lipinski definition) is 2. The third-order valence-corrected chi connectivity index (χ3v) is 4.01. The molecular weight excluding hydrogens is 264 g/mol. The number of carbonyl (C=O) groups excluding carboxylic acids is 1. The van der Waals surface area contributed by atoms with Gasteiger partial charge in [0.05, 0.1) is 0 Å². The molecule has 2 N–H and O–H groups in total. The Hall–Kier alpha value is -1.62. The zero-order valence-corrected chi connectivity index (χ0v) is 13.1. The van der Waals surface area contributed by atoms with Crippen molar-refractivity contribution in [3.8, 4) is 0 Å². The van der Waals surface area contributed by atoms with Crippen molar-refractivity contribution in [2.24, 2.45) is 5.92 Å². The second-order valence-electron chi connectivity index (χ2n) is 5.89. The van der Waals surface area contributed by atoms with Gasteiger partial charge >= 0.3 is 0 Å². The molecule has 21 heavy (non-hydrogen) atoms. The molecule has 1 fully saturated rings. The van der Waals surface area contributed by atoms with Crippen molar-refractivity contribution in [3.63, 3.8) is 0 Å². The summed E-state index contributed by atoms with van der Waals surface area (Å²) in [5, 5.41) is 6.37.